The van der Waals surface area contributed by atoms with Crippen molar-refractivity contribution >= 4 is 11.6 Å². The summed E-state index contributed by atoms with van der Waals surface area (Å²) in [5.41, 5.74) is 0.737. The molecule has 1 aliphatic carbocycles. The first-order chi connectivity index (χ1) is 8.79. The van der Waals surface area contributed by atoms with Crippen molar-refractivity contribution in [1.29, 1.82) is 0 Å². The lowest BCUT2D eigenvalue weighted by atomic mass is 9.86. The zero-order valence-corrected chi connectivity index (χ0v) is 11.0. The van der Waals surface area contributed by atoms with Crippen LogP contribution in [0.4, 0.5) is 4.39 Å². The standard InChI is InChI=1S/C15H16ClFO/c16-9-2-1-6-13-7-8-14(17)10-15(13)18-11-12-4-3-5-12/h7-8,10,12H,2-5,9,11H2. The highest BCUT2D eigenvalue weighted by molar-refractivity contribution is 6.18. The van der Waals surface area contributed by atoms with Gasteiger partial charge in [0.1, 0.15) is 11.6 Å². The summed E-state index contributed by atoms with van der Waals surface area (Å²) in [6.07, 6.45) is 4.33. The fraction of sp³-hybridized carbons (Fsp3) is 0.467. The zero-order valence-electron chi connectivity index (χ0n) is 10.2. The molecule has 0 bridgehead atoms. The van der Waals surface area contributed by atoms with Crippen molar-refractivity contribution in [2.24, 2.45) is 5.92 Å². The number of hydrogen-bond acceptors (Lipinski definition) is 1. The Hall–Kier alpha value is -1.20. The van der Waals surface area contributed by atoms with Crippen LogP contribution < -0.4 is 4.74 Å². The molecule has 0 saturated heterocycles. The molecule has 0 heterocycles. The molecule has 0 aliphatic heterocycles. The van der Waals surface area contributed by atoms with Crippen molar-refractivity contribution in [3.05, 3.63) is 29.6 Å². The van der Waals surface area contributed by atoms with Crippen molar-refractivity contribution < 1.29 is 9.13 Å². The third kappa shape index (κ3) is 3.65. The molecule has 1 aromatic rings. The van der Waals surface area contributed by atoms with Crippen LogP contribution in [0.2, 0.25) is 0 Å². The van der Waals surface area contributed by atoms with Gasteiger partial charge in [0.15, 0.2) is 0 Å². The summed E-state index contributed by atoms with van der Waals surface area (Å²) < 4.78 is 18.9. The van der Waals surface area contributed by atoms with Crippen LogP contribution in [0.25, 0.3) is 0 Å². The monoisotopic (exact) mass is 266 g/mol. The van der Waals surface area contributed by atoms with E-state index >= 15 is 0 Å². The van der Waals surface area contributed by atoms with Gasteiger partial charge in [-0.05, 0) is 30.9 Å². The lowest BCUT2D eigenvalue weighted by Crippen LogP contribution is -2.19. The molecule has 1 fully saturated rings. The second kappa shape index (κ2) is 6.66. The first kappa shape index (κ1) is 13.2. The molecule has 0 atom stereocenters. The predicted octanol–water partition coefficient (Wildman–Crippen LogP) is 3.99. The minimum atomic E-state index is -0.290. The van der Waals surface area contributed by atoms with E-state index in [1.165, 1.54) is 31.4 Å². The number of rotatable bonds is 4. The summed E-state index contributed by atoms with van der Waals surface area (Å²) in [6.45, 7) is 0.660. The molecule has 3 heteroatoms. The Labute approximate surface area is 112 Å². The van der Waals surface area contributed by atoms with E-state index in [4.69, 9.17) is 16.3 Å². The van der Waals surface area contributed by atoms with E-state index in [0.29, 0.717) is 30.6 Å². The summed E-state index contributed by atoms with van der Waals surface area (Å²) >= 11 is 5.57. The first-order valence-electron chi connectivity index (χ1n) is 6.27. The van der Waals surface area contributed by atoms with Crippen LogP contribution in [0.3, 0.4) is 0 Å². The van der Waals surface area contributed by atoms with Gasteiger partial charge in [0, 0.05) is 18.4 Å². The Morgan fingerprint density at radius 1 is 1.39 bits per heavy atom. The first-order valence-corrected chi connectivity index (χ1v) is 6.80. The molecule has 0 spiro atoms. The van der Waals surface area contributed by atoms with Gasteiger partial charge in [0.25, 0.3) is 0 Å². The van der Waals surface area contributed by atoms with Crippen LogP contribution in [-0.2, 0) is 0 Å². The van der Waals surface area contributed by atoms with Crippen LogP contribution in [0.1, 0.15) is 31.2 Å². The van der Waals surface area contributed by atoms with Crippen LogP contribution in [0, 0.1) is 23.6 Å². The SMILES string of the molecule is Fc1ccc(C#CCCCl)c(OCC2CCC2)c1. The minimum Gasteiger partial charge on any atom is -0.492 e. The van der Waals surface area contributed by atoms with E-state index in [0.717, 1.165) is 5.56 Å². The fourth-order valence-corrected chi connectivity index (χ4v) is 1.89. The number of alkyl halides is 1. The molecule has 0 radical (unpaired) electrons. The summed E-state index contributed by atoms with van der Waals surface area (Å²) in [7, 11) is 0. The van der Waals surface area contributed by atoms with Gasteiger partial charge in [-0.3, -0.25) is 0 Å². The van der Waals surface area contributed by atoms with Crippen molar-refractivity contribution in [3.63, 3.8) is 0 Å². The summed E-state index contributed by atoms with van der Waals surface area (Å²) in [4.78, 5) is 0. The van der Waals surface area contributed by atoms with Gasteiger partial charge in [-0.15, -0.1) is 11.6 Å². The molecule has 18 heavy (non-hydrogen) atoms. The molecular weight excluding hydrogens is 251 g/mol. The molecule has 0 unspecified atom stereocenters. The normalized spacial score (nSPS) is 14.6. The van der Waals surface area contributed by atoms with Crippen LogP contribution in [0.5, 0.6) is 5.75 Å². The average Bonchev–Trinajstić information content (AvgIpc) is 2.30. The van der Waals surface area contributed by atoms with Crippen molar-refractivity contribution in [1.82, 2.24) is 0 Å². The van der Waals surface area contributed by atoms with E-state index < -0.39 is 0 Å². The lowest BCUT2D eigenvalue weighted by Gasteiger charge is -2.25. The van der Waals surface area contributed by atoms with Crippen LogP contribution in [-0.4, -0.2) is 12.5 Å². The minimum absolute atomic E-state index is 0.290. The van der Waals surface area contributed by atoms with Gasteiger partial charge < -0.3 is 4.74 Å². The van der Waals surface area contributed by atoms with E-state index in [1.807, 2.05) is 0 Å². The number of hydrogen-bond donors (Lipinski definition) is 0. The molecule has 1 aliphatic rings. The zero-order chi connectivity index (χ0) is 12.8. The van der Waals surface area contributed by atoms with E-state index in [1.54, 1.807) is 6.07 Å². The van der Waals surface area contributed by atoms with E-state index in [2.05, 4.69) is 11.8 Å². The Kier molecular flexibility index (Phi) is 4.90. The second-order valence-electron chi connectivity index (χ2n) is 4.49. The summed E-state index contributed by atoms with van der Waals surface area (Å²) in [5, 5.41) is 0. The van der Waals surface area contributed by atoms with Crippen molar-refractivity contribution in [3.8, 4) is 17.6 Å². The smallest absolute Gasteiger partial charge is 0.137 e. The van der Waals surface area contributed by atoms with Crippen LogP contribution in [0.15, 0.2) is 18.2 Å². The van der Waals surface area contributed by atoms with Gasteiger partial charge in [0.2, 0.25) is 0 Å². The largest absolute Gasteiger partial charge is 0.492 e. The fourth-order valence-electron chi connectivity index (χ4n) is 1.79. The molecule has 0 aromatic heterocycles. The molecular formula is C15H16ClFO. The van der Waals surface area contributed by atoms with E-state index in [-0.39, 0.29) is 5.82 Å². The van der Waals surface area contributed by atoms with Gasteiger partial charge in [-0.2, -0.15) is 0 Å². The Morgan fingerprint density at radius 2 is 2.22 bits per heavy atom. The highest BCUT2D eigenvalue weighted by Gasteiger charge is 2.18. The molecule has 0 N–H and O–H groups in total. The topological polar surface area (TPSA) is 9.23 Å². The highest BCUT2D eigenvalue weighted by Crippen LogP contribution is 2.28. The van der Waals surface area contributed by atoms with E-state index in [9.17, 15) is 4.39 Å². The quantitative estimate of drug-likeness (QED) is 0.592. The maximum Gasteiger partial charge on any atom is 0.137 e. The molecule has 96 valence electrons. The van der Waals surface area contributed by atoms with Crippen LogP contribution >= 0.6 is 11.6 Å². The molecule has 1 nitrogen and oxygen atoms in total. The maximum absolute atomic E-state index is 13.2. The molecule has 0 amide bonds. The maximum atomic E-state index is 13.2. The number of ether oxygens (including phenoxy) is 1. The Balaban J connectivity index is 2.05. The lowest BCUT2D eigenvalue weighted by molar-refractivity contribution is 0.180. The average molecular weight is 267 g/mol. The molecule has 1 saturated carbocycles. The second-order valence-corrected chi connectivity index (χ2v) is 4.87. The van der Waals surface area contributed by atoms with Crippen molar-refractivity contribution in [2.45, 2.75) is 25.7 Å². The Morgan fingerprint density at radius 3 is 2.89 bits per heavy atom. The number of halogens is 2. The highest BCUT2D eigenvalue weighted by atomic mass is 35.5. The third-order valence-electron chi connectivity index (χ3n) is 3.09. The molecule has 1 aromatic carbocycles. The van der Waals surface area contributed by atoms with Gasteiger partial charge in [-0.1, -0.05) is 18.3 Å². The molecule has 2 rings (SSSR count). The van der Waals surface area contributed by atoms with Gasteiger partial charge >= 0.3 is 0 Å². The van der Waals surface area contributed by atoms with Crippen molar-refractivity contribution in [2.75, 3.05) is 12.5 Å². The predicted molar refractivity (Wildman–Crippen MR) is 71.5 cm³/mol. The summed E-state index contributed by atoms with van der Waals surface area (Å²) in [5.74, 6) is 7.30. The Bertz CT molecular complexity index is 457. The van der Waals surface area contributed by atoms with Gasteiger partial charge in [0.05, 0.1) is 12.2 Å². The van der Waals surface area contributed by atoms with Gasteiger partial charge in [-0.25, -0.2) is 4.39 Å². The number of benzene rings is 1. The summed E-state index contributed by atoms with van der Waals surface area (Å²) in [6, 6.07) is 4.47. The third-order valence-corrected chi connectivity index (χ3v) is 3.27.